The molecule has 1 unspecified atom stereocenters. The number of hydrogen-bond donors (Lipinski definition) is 1. The molecule has 160 valence electrons. The van der Waals surface area contributed by atoms with Gasteiger partial charge in [-0.1, -0.05) is 6.92 Å². The van der Waals surface area contributed by atoms with E-state index in [1.807, 2.05) is 11.8 Å². The van der Waals surface area contributed by atoms with Crippen molar-refractivity contribution in [2.75, 3.05) is 36.6 Å². The number of carbonyl (C=O) groups is 1. The summed E-state index contributed by atoms with van der Waals surface area (Å²) >= 11 is 0. The van der Waals surface area contributed by atoms with E-state index in [0.29, 0.717) is 48.2 Å². The van der Waals surface area contributed by atoms with Crippen molar-refractivity contribution in [1.82, 2.24) is 20.2 Å². The third kappa shape index (κ3) is 2.82. The number of fused-ring (bicyclic) bond motifs is 3. The Hall–Kier alpha value is -3.40. The summed E-state index contributed by atoms with van der Waals surface area (Å²) in [6.45, 7) is 3.23. The monoisotopic (exact) mass is 426 g/mol. The SMILES string of the molecule is CCC12COCCN1c1nc(-c3cn[nH]c3-c3ccc(F)cc3F)ncc1N(C)C2=O. The molecule has 0 aliphatic carbocycles. The number of nitrogens with one attached hydrogen (secondary N) is 1. The first-order valence-corrected chi connectivity index (χ1v) is 9.96. The summed E-state index contributed by atoms with van der Waals surface area (Å²) in [5, 5.41) is 6.79. The lowest BCUT2D eigenvalue weighted by Crippen LogP contribution is -2.68. The van der Waals surface area contributed by atoms with Crippen molar-refractivity contribution in [2.45, 2.75) is 18.9 Å². The number of likely N-dealkylation sites (N-methyl/N-ethyl adjacent to an activating group) is 1. The molecule has 1 saturated heterocycles. The summed E-state index contributed by atoms with van der Waals surface area (Å²) in [6, 6.07) is 3.34. The Morgan fingerprint density at radius 3 is 2.87 bits per heavy atom. The maximum absolute atomic E-state index is 14.4. The highest BCUT2D eigenvalue weighted by atomic mass is 19.1. The Bertz CT molecular complexity index is 1180. The van der Waals surface area contributed by atoms with E-state index in [0.717, 1.165) is 6.07 Å². The number of aromatic nitrogens is 4. The van der Waals surface area contributed by atoms with Crippen LogP contribution in [-0.2, 0) is 9.53 Å². The lowest BCUT2D eigenvalue weighted by molar-refractivity contribution is -0.128. The van der Waals surface area contributed by atoms with Gasteiger partial charge in [0.15, 0.2) is 11.6 Å². The smallest absolute Gasteiger partial charge is 0.255 e. The van der Waals surface area contributed by atoms with Crippen LogP contribution in [-0.4, -0.2) is 58.4 Å². The number of rotatable bonds is 3. The molecule has 3 aromatic rings. The first kappa shape index (κ1) is 19.6. The number of nitrogens with zero attached hydrogens (tertiary/aromatic N) is 5. The molecule has 4 heterocycles. The average molecular weight is 426 g/mol. The van der Waals surface area contributed by atoms with Crippen molar-refractivity contribution in [1.29, 1.82) is 0 Å². The van der Waals surface area contributed by atoms with Gasteiger partial charge < -0.3 is 14.5 Å². The van der Waals surface area contributed by atoms with Crippen LogP contribution >= 0.6 is 0 Å². The number of carbonyl (C=O) groups excluding carboxylic acids is 1. The Morgan fingerprint density at radius 1 is 1.26 bits per heavy atom. The fourth-order valence-electron chi connectivity index (χ4n) is 4.33. The van der Waals surface area contributed by atoms with Crippen LogP contribution in [0.1, 0.15) is 13.3 Å². The number of hydrogen-bond acceptors (Lipinski definition) is 6. The Kier molecular flexibility index (Phi) is 4.47. The van der Waals surface area contributed by atoms with Crippen molar-refractivity contribution < 1.29 is 18.3 Å². The molecule has 1 fully saturated rings. The van der Waals surface area contributed by atoms with Gasteiger partial charge in [-0.25, -0.2) is 18.7 Å². The zero-order valence-electron chi connectivity index (χ0n) is 17.0. The van der Waals surface area contributed by atoms with Crippen molar-refractivity contribution in [3.8, 4) is 22.6 Å². The van der Waals surface area contributed by atoms with E-state index < -0.39 is 17.2 Å². The van der Waals surface area contributed by atoms with Gasteiger partial charge in [0, 0.05) is 25.2 Å². The van der Waals surface area contributed by atoms with Crippen LogP contribution in [0.3, 0.4) is 0 Å². The van der Waals surface area contributed by atoms with Gasteiger partial charge >= 0.3 is 0 Å². The third-order valence-corrected chi connectivity index (χ3v) is 6.05. The molecule has 1 amide bonds. The van der Waals surface area contributed by atoms with Crippen LogP contribution in [0.2, 0.25) is 0 Å². The zero-order chi connectivity index (χ0) is 21.8. The number of halogens is 2. The molecule has 2 aliphatic rings. The number of benzene rings is 1. The second kappa shape index (κ2) is 7.09. The van der Waals surface area contributed by atoms with Gasteiger partial charge in [-0.3, -0.25) is 9.89 Å². The minimum absolute atomic E-state index is 0.0593. The molecule has 1 N–H and O–H groups in total. The Morgan fingerprint density at radius 2 is 2.10 bits per heavy atom. The molecular weight excluding hydrogens is 406 g/mol. The predicted octanol–water partition coefficient (Wildman–Crippen LogP) is 2.77. The molecule has 0 radical (unpaired) electrons. The molecule has 2 aliphatic heterocycles. The molecule has 1 atom stereocenters. The lowest BCUT2D eigenvalue weighted by atomic mass is 9.89. The van der Waals surface area contributed by atoms with E-state index in [9.17, 15) is 13.6 Å². The minimum atomic E-state index is -0.825. The summed E-state index contributed by atoms with van der Waals surface area (Å²) in [4.78, 5) is 25.9. The maximum atomic E-state index is 14.4. The van der Waals surface area contributed by atoms with E-state index in [4.69, 9.17) is 9.72 Å². The molecule has 0 spiro atoms. The number of morpholine rings is 1. The topological polar surface area (TPSA) is 87.2 Å². The highest BCUT2D eigenvalue weighted by Gasteiger charge is 2.52. The molecule has 5 rings (SSSR count). The van der Waals surface area contributed by atoms with Crippen LogP contribution in [0.5, 0.6) is 0 Å². The Balaban J connectivity index is 1.64. The van der Waals surface area contributed by atoms with Crippen molar-refractivity contribution in [2.24, 2.45) is 0 Å². The number of ether oxygens (including phenoxy) is 1. The quantitative estimate of drug-likeness (QED) is 0.693. The minimum Gasteiger partial charge on any atom is -0.377 e. The fraction of sp³-hybridized carbons (Fsp3) is 0.333. The normalized spacial score (nSPS) is 20.6. The largest absolute Gasteiger partial charge is 0.377 e. The number of aromatic amines is 1. The summed E-state index contributed by atoms with van der Waals surface area (Å²) < 4.78 is 33.4. The average Bonchev–Trinajstić information content (AvgIpc) is 3.26. The highest BCUT2D eigenvalue weighted by molar-refractivity contribution is 6.07. The molecular formula is C21H20F2N6O2. The van der Waals surface area contributed by atoms with Gasteiger partial charge in [-0.15, -0.1) is 0 Å². The summed E-state index contributed by atoms with van der Waals surface area (Å²) in [7, 11) is 1.70. The van der Waals surface area contributed by atoms with Gasteiger partial charge in [0.25, 0.3) is 5.91 Å². The first-order chi connectivity index (χ1) is 15.0. The van der Waals surface area contributed by atoms with Crippen LogP contribution in [0.15, 0.2) is 30.6 Å². The van der Waals surface area contributed by atoms with Crippen molar-refractivity contribution in [3.05, 3.63) is 42.2 Å². The number of amides is 1. The van der Waals surface area contributed by atoms with Crippen LogP contribution < -0.4 is 9.80 Å². The van der Waals surface area contributed by atoms with Gasteiger partial charge in [0.2, 0.25) is 0 Å². The van der Waals surface area contributed by atoms with Crippen LogP contribution in [0.25, 0.3) is 22.6 Å². The van der Waals surface area contributed by atoms with Gasteiger partial charge in [0.05, 0.1) is 36.9 Å². The van der Waals surface area contributed by atoms with E-state index in [2.05, 4.69) is 15.2 Å². The van der Waals surface area contributed by atoms with E-state index in [1.54, 1.807) is 18.1 Å². The summed E-state index contributed by atoms with van der Waals surface area (Å²) in [5.74, 6) is -0.499. The number of H-pyrrole nitrogens is 1. The van der Waals surface area contributed by atoms with Crippen LogP contribution in [0, 0.1) is 11.6 Å². The van der Waals surface area contributed by atoms with Gasteiger partial charge in [-0.2, -0.15) is 5.10 Å². The fourth-order valence-corrected chi connectivity index (χ4v) is 4.33. The maximum Gasteiger partial charge on any atom is 0.255 e. The summed E-state index contributed by atoms with van der Waals surface area (Å²) in [5.41, 5.74) is 0.757. The number of anilines is 2. The third-order valence-electron chi connectivity index (χ3n) is 6.05. The van der Waals surface area contributed by atoms with Crippen molar-refractivity contribution >= 4 is 17.4 Å². The van der Waals surface area contributed by atoms with Gasteiger partial charge in [0.1, 0.15) is 22.9 Å². The highest BCUT2D eigenvalue weighted by Crippen LogP contribution is 2.42. The first-order valence-electron chi connectivity index (χ1n) is 9.96. The molecule has 8 nitrogen and oxygen atoms in total. The second-order valence-electron chi connectivity index (χ2n) is 7.64. The summed E-state index contributed by atoms with van der Waals surface area (Å²) in [6.07, 6.45) is 3.65. The van der Waals surface area contributed by atoms with E-state index in [-0.39, 0.29) is 18.1 Å². The second-order valence-corrected chi connectivity index (χ2v) is 7.64. The zero-order valence-corrected chi connectivity index (χ0v) is 17.0. The predicted molar refractivity (Wildman–Crippen MR) is 110 cm³/mol. The van der Waals surface area contributed by atoms with E-state index in [1.165, 1.54) is 18.3 Å². The van der Waals surface area contributed by atoms with Crippen LogP contribution in [0.4, 0.5) is 20.3 Å². The molecule has 0 saturated carbocycles. The lowest BCUT2D eigenvalue weighted by Gasteiger charge is -2.51. The van der Waals surface area contributed by atoms with Gasteiger partial charge in [-0.05, 0) is 18.6 Å². The molecule has 1 aromatic carbocycles. The van der Waals surface area contributed by atoms with Crippen molar-refractivity contribution in [3.63, 3.8) is 0 Å². The molecule has 10 heteroatoms. The Labute approximate surface area is 176 Å². The molecule has 31 heavy (non-hydrogen) atoms. The standard InChI is InChI=1S/C21H20F2N6O2/c1-3-21-11-31-7-6-29(21)19-16(28(2)20(21)30)10-24-18(26-19)14-9-25-27-17(14)13-5-4-12(22)8-15(13)23/h4-5,8-10H,3,6-7,11H2,1-2H3,(H,25,27). The molecule has 2 aromatic heterocycles. The molecule has 0 bridgehead atoms. The van der Waals surface area contributed by atoms with E-state index >= 15 is 0 Å².